The number of carbonyl (C=O) groups is 1. The average molecular weight is 358 g/mol. The van der Waals surface area contributed by atoms with Crippen molar-refractivity contribution in [1.29, 1.82) is 0 Å². The molecule has 0 aliphatic carbocycles. The van der Waals surface area contributed by atoms with Crippen molar-refractivity contribution < 1.29 is 13.9 Å². The Labute approximate surface area is 148 Å². The van der Waals surface area contributed by atoms with Crippen LogP contribution in [0.5, 0.6) is 5.75 Å². The monoisotopic (exact) mass is 357 g/mol. The third-order valence-electron chi connectivity index (χ3n) is 3.34. The summed E-state index contributed by atoms with van der Waals surface area (Å²) in [6.45, 7) is -0.252. The molecule has 0 radical (unpaired) electrons. The van der Waals surface area contributed by atoms with Crippen LogP contribution in [0, 0.1) is 5.82 Å². The molecule has 1 aromatic heterocycles. The molecule has 0 aliphatic heterocycles. The number of hydrazone groups is 1. The lowest BCUT2D eigenvalue weighted by atomic mass is 10.2. The Bertz CT molecular complexity index is 921. The first-order chi connectivity index (χ1) is 12.1. The third-order valence-corrected chi connectivity index (χ3v) is 3.67. The van der Waals surface area contributed by atoms with Gasteiger partial charge in [0.05, 0.1) is 11.2 Å². The van der Waals surface area contributed by atoms with Crippen LogP contribution in [-0.4, -0.2) is 23.7 Å². The number of pyridine rings is 1. The van der Waals surface area contributed by atoms with Crippen molar-refractivity contribution >= 4 is 34.6 Å². The molecule has 25 heavy (non-hydrogen) atoms. The van der Waals surface area contributed by atoms with Gasteiger partial charge in [-0.25, -0.2) is 9.82 Å². The molecule has 0 spiro atoms. The minimum absolute atomic E-state index is 0.101. The fourth-order valence-corrected chi connectivity index (χ4v) is 2.38. The Morgan fingerprint density at radius 3 is 2.88 bits per heavy atom. The summed E-state index contributed by atoms with van der Waals surface area (Å²) in [5.41, 5.74) is 3.03. The number of rotatable bonds is 5. The van der Waals surface area contributed by atoms with Crippen molar-refractivity contribution in [2.75, 3.05) is 6.61 Å². The fraction of sp³-hybridized carbons (Fsp3) is 0.0556. The van der Waals surface area contributed by atoms with Crippen molar-refractivity contribution in [2.24, 2.45) is 5.10 Å². The van der Waals surface area contributed by atoms with Crippen molar-refractivity contribution in [3.8, 4) is 5.75 Å². The molecule has 0 saturated heterocycles. The zero-order chi connectivity index (χ0) is 17.6. The van der Waals surface area contributed by atoms with E-state index in [-0.39, 0.29) is 17.2 Å². The topological polar surface area (TPSA) is 63.6 Å². The van der Waals surface area contributed by atoms with E-state index in [1.54, 1.807) is 12.3 Å². The van der Waals surface area contributed by atoms with Crippen LogP contribution >= 0.6 is 11.6 Å². The number of benzene rings is 2. The largest absolute Gasteiger partial charge is 0.481 e. The van der Waals surface area contributed by atoms with E-state index in [4.69, 9.17) is 16.3 Å². The SMILES string of the molecule is O=C(COc1cccc2cccnc12)N/N=C\c1c(F)cccc1Cl. The van der Waals surface area contributed by atoms with Crippen molar-refractivity contribution in [2.45, 2.75) is 0 Å². The van der Waals surface area contributed by atoms with E-state index < -0.39 is 11.7 Å². The van der Waals surface area contributed by atoms with E-state index in [0.717, 1.165) is 11.6 Å². The van der Waals surface area contributed by atoms with Gasteiger partial charge in [0, 0.05) is 17.1 Å². The summed E-state index contributed by atoms with van der Waals surface area (Å²) >= 11 is 5.87. The number of halogens is 2. The fourth-order valence-electron chi connectivity index (χ4n) is 2.17. The molecule has 0 unspecified atom stereocenters. The number of hydrogen-bond donors (Lipinski definition) is 1. The molecular formula is C18H13ClFN3O2. The van der Waals surface area contributed by atoms with Crippen LogP contribution in [0.15, 0.2) is 59.8 Å². The maximum Gasteiger partial charge on any atom is 0.277 e. The minimum Gasteiger partial charge on any atom is -0.481 e. The third kappa shape index (κ3) is 4.10. The highest BCUT2D eigenvalue weighted by Gasteiger charge is 2.07. The molecular weight excluding hydrogens is 345 g/mol. The zero-order valence-electron chi connectivity index (χ0n) is 12.9. The number of amides is 1. The van der Waals surface area contributed by atoms with Gasteiger partial charge in [-0.05, 0) is 24.3 Å². The number of nitrogens with zero attached hydrogens (tertiary/aromatic N) is 2. The Morgan fingerprint density at radius 2 is 2.04 bits per heavy atom. The number of fused-ring (bicyclic) bond motifs is 1. The van der Waals surface area contributed by atoms with Gasteiger partial charge < -0.3 is 4.74 Å². The number of aromatic nitrogens is 1. The van der Waals surface area contributed by atoms with Gasteiger partial charge in [-0.3, -0.25) is 9.78 Å². The lowest BCUT2D eigenvalue weighted by Crippen LogP contribution is -2.24. The summed E-state index contributed by atoms with van der Waals surface area (Å²) in [5, 5.41) is 4.81. The Balaban J connectivity index is 1.61. The second kappa shape index (κ2) is 7.72. The predicted molar refractivity (Wildman–Crippen MR) is 94.4 cm³/mol. The lowest BCUT2D eigenvalue weighted by Gasteiger charge is -2.07. The summed E-state index contributed by atoms with van der Waals surface area (Å²) < 4.78 is 19.1. The van der Waals surface area contributed by atoms with Gasteiger partial charge in [-0.2, -0.15) is 5.10 Å². The standard InChI is InChI=1S/C18H13ClFN3O2/c19-14-6-2-7-15(20)13(14)10-22-23-17(24)11-25-16-8-1-4-12-5-3-9-21-18(12)16/h1-10H,11H2,(H,23,24)/b22-10-. The molecule has 1 N–H and O–H groups in total. The second-order valence-electron chi connectivity index (χ2n) is 5.05. The molecule has 1 amide bonds. The van der Waals surface area contributed by atoms with Gasteiger partial charge in [-0.1, -0.05) is 35.9 Å². The van der Waals surface area contributed by atoms with Gasteiger partial charge in [0.15, 0.2) is 6.61 Å². The maximum absolute atomic E-state index is 13.6. The van der Waals surface area contributed by atoms with Crippen LogP contribution in [0.2, 0.25) is 5.02 Å². The van der Waals surface area contributed by atoms with Crippen LogP contribution in [0.25, 0.3) is 10.9 Å². The van der Waals surface area contributed by atoms with Crippen LogP contribution in [0.4, 0.5) is 4.39 Å². The van der Waals surface area contributed by atoms with Crippen molar-refractivity contribution in [3.63, 3.8) is 0 Å². The van der Waals surface area contributed by atoms with E-state index in [1.807, 2.05) is 24.3 Å². The number of ether oxygens (including phenoxy) is 1. The Kier molecular flexibility index (Phi) is 5.20. The van der Waals surface area contributed by atoms with Gasteiger partial charge in [0.2, 0.25) is 0 Å². The summed E-state index contributed by atoms with van der Waals surface area (Å²) in [4.78, 5) is 16.1. The van der Waals surface area contributed by atoms with Crippen molar-refractivity contribution in [3.05, 3.63) is 71.1 Å². The number of para-hydroxylation sites is 1. The highest BCUT2D eigenvalue weighted by molar-refractivity contribution is 6.33. The zero-order valence-corrected chi connectivity index (χ0v) is 13.7. The molecule has 2 aromatic carbocycles. The highest BCUT2D eigenvalue weighted by atomic mass is 35.5. The number of nitrogens with one attached hydrogen (secondary N) is 1. The smallest absolute Gasteiger partial charge is 0.277 e. The van der Waals surface area contributed by atoms with Crippen LogP contribution in [0.1, 0.15) is 5.56 Å². The molecule has 1 heterocycles. The van der Waals surface area contributed by atoms with Crippen LogP contribution in [-0.2, 0) is 4.79 Å². The second-order valence-corrected chi connectivity index (χ2v) is 5.46. The molecule has 0 saturated carbocycles. The van der Waals surface area contributed by atoms with Crippen LogP contribution in [0.3, 0.4) is 0 Å². The predicted octanol–water partition coefficient (Wildman–Crippen LogP) is 3.56. The molecule has 7 heteroatoms. The summed E-state index contributed by atoms with van der Waals surface area (Å²) in [6.07, 6.45) is 2.80. The molecule has 0 bridgehead atoms. The van der Waals surface area contributed by atoms with E-state index in [0.29, 0.717) is 11.3 Å². The van der Waals surface area contributed by atoms with E-state index in [2.05, 4.69) is 15.5 Å². The highest BCUT2D eigenvalue weighted by Crippen LogP contribution is 2.22. The first-order valence-electron chi connectivity index (χ1n) is 7.37. The van der Waals surface area contributed by atoms with Gasteiger partial charge in [0.25, 0.3) is 5.91 Å². The molecule has 126 valence electrons. The summed E-state index contributed by atoms with van der Waals surface area (Å²) in [6, 6.07) is 13.4. The van der Waals surface area contributed by atoms with E-state index >= 15 is 0 Å². The molecule has 3 aromatic rings. The summed E-state index contributed by atoms with van der Waals surface area (Å²) in [7, 11) is 0. The lowest BCUT2D eigenvalue weighted by molar-refractivity contribution is -0.123. The van der Waals surface area contributed by atoms with E-state index in [1.165, 1.54) is 18.2 Å². The average Bonchev–Trinajstić information content (AvgIpc) is 2.62. The van der Waals surface area contributed by atoms with Gasteiger partial charge in [0.1, 0.15) is 17.1 Å². The molecule has 0 aliphatic rings. The molecule has 3 rings (SSSR count). The molecule has 5 nitrogen and oxygen atoms in total. The van der Waals surface area contributed by atoms with Crippen LogP contribution < -0.4 is 10.2 Å². The van der Waals surface area contributed by atoms with Crippen molar-refractivity contribution in [1.82, 2.24) is 10.4 Å². The normalized spacial score (nSPS) is 11.0. The van der Waals surface area contributed by atoms with Gasteiger partial charge in [-0.15, -0.1) is 0 Å². The first-order valence-corrected chi connectivity index (χ1v) is 7.75. The number of hydrogen-bond acceptors (Lipinski definition) is 4. The van der Waals surface area contributed by atoms with Gasteiger partial charge >= 0.3 is 0 Å². The first kappa shape index (κ1) is 16.9. The Hall–Kier alpha value is -2.99. The number of carbonyl (C=O) groups excluding carboxylic acids is 1. The van der Waals surface area contributed by atoms with E-state index in [9.17, 15) is 9.18 Å². The Morgan fingerprint density at radius 1 is 1.24 bits per heavy atom. The minimum atomic E-state index is -0.524. The summed E-state index contributed by atoms with van der Waals surface area (Å²) in [5.74, 6) is -0.519. The quantitative estimate of drug-likeness (QED) is 0.561. The molecule has 0 fully saturated rings. The molecule has 0 atom stereocenters. The maximum atomic E-state index is 13.6.